The minimum atomic E-state index is -2.30. The number of carbonyl (C=O) groups is 1. The molecule has 0 atom stereocenters. The van der Waals surface area contributed by atoms with Gasteiger partial charge in [0.1, 0.15) is 5.56 Å². The van der Waals surface area contributed by atoms with E-state index in [1.807, 2.05) is 0 Å². The Kier molecular flexibility index (Phi) is 3.31. The number of carboxylic acids is 1. The van der Waals surface area contributed by atoms with Crippen LogP contribution in [0, 0.1) is 23.3 Å². The molecule has 1 rings (SSSR count). The number of rotatable bonds is 3. The summed E-state index contributed by atoms with van der Waals surface area (Å²) in [5, 5.41) is 8.41. The van der Waals surface area contributed by atoms with E-state index in [1.165, 1.54) is 0 Å². The van der Waals surface area contributed by atoms with Crippen LogP contribution in [0.4, 0.5) is 22.0 Å². The third kappa shape index (κ3) is 1.77. The van der Waals surface area contributed by atoms with Gasteiger partial charge in [0.15, 0.2) is 17.4 Å². The Hall–Kier alpha value is -1.86. The molecule has 0 saturated carbocycles. The lowest BCUT2D eigenvalue weighted by atomic mass is 10.1. The highest BCUT2D eigenvalue weighted by Crippen LogP contribution is 2.30. The van der Waals surface area contributed by atoms with Crippen molar-refractivity contribution >= 4 is 5.97 Å². The Morgan fingerprint density at radius 2 is 1.56 bits per heavy atom. The van der Waals surface area contributed by atoms with E-state index in [-0.39, 0.29) is 0 Å². The Bertz CT molecular complexity index is 446. The topological polar surface area (TPSA) is 46.5 Å². The van der Waals surface area contributed by atoms with Gasteiger partial charge in [0.25, 0.3) is 0 Å². The summed E-state index contributed by atoms with van der Waals surface area (Å²) < 4.78 is 66.6. The Morgan fingerprint density at radius 3 is 2.00 bits per heavy atom. The third-order valence-corrected chi connectivity index (χ3v) is 1.64. The molecular formula is C8H3F5O3. The van der Waals surface area contributed by atoms with Crippen molar-refractivity contribution in [1.82, 2.24) is 0 Å². The van der Waals surface area contributed by atoms with E-state index in [4.69, 9.17) is 5.11 Å². The van der Waals surface area contributed by atoms with Crippen LogP contribution in [0.25, 0.3) is 0 Å². The molecule has 0 aliphatic heterocycles. The molecule has 1 aromatic carbocycles. The standard InChI is InChI=1S/C8H3F5O3/c9-1-16-7-2(8(14)15)3(10)4(11)5(12)6(7)13/h1H2,(H,14,15). The van der Waals surface area contributed by atoms with Crippen LogP contribution in [0.1, 0.15) is 10.4 Å². The van der Waals surface area contributed by atoms with Crippen molar-refractivity contribution in [2.75, 3.05) is 6.86 Å². The quantitative estimate of drug-likeness (QED) is 0.502. The number of hydrogen-bond donors (Lipinski definition) is 1. The minimum absolute atomic E-state index is 1.52. The normalized spacial score (nSPS) is 10.3. The van der Waals surface area contributed by atoms with Crippen molar-refractivity contribution < 1.29 is 36.6 Å². The second-order valence-corrected chi connectivity index (χ2v) is 2.52. The molecule has 88 valence electrons. The molecule has 0 saturated heterocycles. The van der Waals surface area contributed by atoms with E-state index in [0.717, 1.165) is 0 Å². The largest absolute Gasteiger partial charge is 0.477 e. The summed E-state index contributed by atoms with van der Waals surface area (Å²) in [7, 11) is 0. The number of hydrogen-bond acceptors (Lipinski definition) is 2. The molecule has 0 spiro atoms. The summed E-state index contributed by atoms with van der Waals surface area (Å²) in [5.74, 6) is -12.5. The molecule has 0 bridgehead atoms. The van der Waals surface area contributed by atoms with Gasteiger partial charge in [-0.05, 0) is 0 Å². The fourth-order valence-corrected chi connectivity index (χ4v) is 0.993. The van der Waals surface area contributed by atoms with Crippen LogP contribution in [-0.2, 0) is 0 Å². The lowest BCUT2D eigenvalue weighted by molar-refractivity contribution is 0.0679. The number of carboxylic acid groups (broad SMARTS) is 1. The van der Waals surface area contributed by atoms with Gasteiger partial charge in [0.2, 0.25) is 18.5 Å². The van der Waals surface area contributed by atoms with Gasteiger partial charge in [-0.15, -0.1) is 0 Å². The van der Waals surface area contributed by atoms with Crippen molar-refractivity contribution in [3.05, 3.63) is 28.8 Å². The van der Waals surface area contributed by atoms with Crippen molar-refractivity contribution in [3.63, 3.8) is 0 Å². The predicted molar refractivity (Wildman–Crippen MR) is 39.8 cm³/mol. The highest BCUT2D eigenvalue weighted by molar-refractivity contribution is 5.91. The summed E-state index contributed by atoms with van der Waals surface area (Å²) >= 11 is 0. The van der Waals surface area contributed by atoms with Crippen molar-refractivity contribution in [2.24, 2.45) is 0 Å². The van der Waals surface area contributed by atoms with Gasteiger partial charge in [-0.1, -0.05) is 0 Å². The first kappa shape index (κ1) is 12.2. The number of benzene rings is 1. The number of halogens is 5. The van der Waals surface area contributed by atoms with E-state index in [1.54, 1.807) is 0 Å². The lowest BCUT2D eigenvalue weighted by Gasteiger charge is -2.09. The van der Waals surface area contributed by atoms with Crippen LogP contribution >= 0.6 is 0 Å². The number of aromatic carboxylic acids is 1. The maximum Gasteiger partial charge on any atom is 0.342 e. The van der Waals surface area contributed by atoms with Gasteiger partial charge in [0, 0.05) is 0 Å². The van der Waals surface area contributed by atoms with Crippen LogP contribution in [-0.4, -0.2) is 17.9 Å². The van der Waals surface area contributed by atoms with Crippen LogP contribution in [0.5, 0.6) is 5.75 Å². The molecular weight excluding hydrogens is 239 g/mol. The molecule has 0 aliphatic rings. The summed E-state index contributed by atoms with van der Waals surface area (Å²) in [5.41, 5.74) is -1.60. The van der Waals surface area contributed by atoms with Crippen LogP contribution in [0.3, 0.4) is 0 Å². The van der Waals surface area contributed by atoms with Gasteiger partial charge in [-0.25, -0.2) is 22.4 Å². The minimum Gasteiger partial charge on any atom is -0.477 e. The van der Waals surface area contributed by atoms with Gasteiger partial charge >= 0.3 is 5.97 Å². The van der Waals surface area contributed by atoms with Crippen LogP contribution in [0.2, 0.25) is 0 Å². The zero-order chi connectivity index (χ0) is 12.5. The van der Waals surface area contributed by atoms with Gasteiger partial charge in [-0.3, -0.25) is 0 Å². The molecule has 1 N–H and O–H groups in total. The van der Waals surface area contributed by atoms with E-state index >= 15 is 0 Å². The van der Waals surface area contributed by atoms with Crippen molar-refractivity contribution in [1.29, 1.82) is 0 Å². The second kappa shape index (κ2) is 4.33. The fourth-order valence-electron chi connectivity index (χ4n) is 0.993. The molecule has 0 unspecified atom stereocenters. The van der Waals surface area contributed by atoms with Gasteiger partial charge < -0.3 is 9.84 Å². The maximum atomic E-state index is 12.9. The summed E-state index contributed by atoms with van der Waals surface area (Å²) in [6.45, 7) is -1.72. The van der Waals surface area contributed by atoms with E-state index in [9.17, 15) is 26.7 Å². The predicted octanol–water partition coefficient (Wildman–Crippen LogP) is 2.25. The zero-order valence-electron chi connectivity index (χ0n) is 7.36. The molecule has 1 aromatic rings. The van der Waals surface area contributed by atoms with Crippen LogP contribution in [0.15, 0.2) is 0 Å². The van der Waals surface area contributed by atoms with Crippen molar-refractivity contribution in [2.45, 2.75) is 0 Å². The highest BCUT2D eigenvalue weighted by Gasteiger charge is 2.30. The molecule has 3 nitrogen and oxygen atoms in total. The maximum absolute atomic E-state index is 12.9. The van der Waals surface area contributed by atoms with Crippen molar-refractivity contribution in [3.8, 4) is 5.75 Å². The van der Waals surface area contributed by atoms with E-state index in [2.05, 4.69) is 4.74 Å². The smallest absolute Gasteiger partial charge is 0.342 e. The second-order valence-electron chi connectivity index (χ2n) is 2.52. The highest BCUT2D eigenvalue weighted by atomic mass is 19.2. The summed E-state index contributed by atoms with van der Waals surface area (Å²) in [6.07, 6.45) is 0. The van der Waals surface area contributed by atoms with Gasteiger partial charge in [0.05, 0.1) is 0 Å². The van der Waals surface area contributed by atoms with E-state index in [0.29, 0.717) is 0 Å². The first-order valence-corrected chi connectivity index (χ1v) is 3.69. The molecule has 0 aromatic heterocycles. The summed E-state index contributed by atoms with van der Waals surface area (Å²) in [6, 6.07) is 0. The van der Waals surface area contributed by atoms with Gasteiger partial charge in [-0.2, -0.15) is 4.39 Å². The van der Waals surface area contributed by atoms with Crippen LogP contribution < -0.4 is 4.74 Å². The fraction of sp³-hybridized carbons (Fsp3) is 0.125. The SMILES string of the molecule is O=C(O)c1c(F)c(F)c(F)c(F)c1OCF. The molecule has 0 fully saturated rings. The number of alkyl halides is 1. The Morgan fingerprint density at radius 1 is 1.06 bits per heavy atom. The average molecular weight is 242 g/mol. The molecule has 8 heteroatoms. The zero-order valence-corrected chi connectivity index (χ0v) is 7.36. The first-order valence-electron chi connectivity index (χ1n) is 3.69. The molecule has 0 heterocycles. The molecule has 0 amide bonds. The van der Waals surface area contributed by atoms with E-state index < -0.39 is 47.4 Å². The number of ether oxygens (including phenoxy) is 1. The monoisotopic (exact) mass is 242 g/mol. The third-order valence-electron chi connectivity index (χ3n) is 1.64. The molecule has 16 heavy (non-hydrogen) atoms. The lowest BCUT2D eigenvalue weighted by Crippen LogP contribution is -2.12. The molecule has 0 radical (unpaired) electrons. The average Bonchev–Trinajstić information content (AvgIpc) is 2.23. The Balaban J connectivity index is 3.61. The first-order chi connectivity index (χ1) is 7.41. The Labute approximate surface area is 85.1 Å². The summed E-state index contributed by atoms with van der Waals surface area (Å²) in [4.78, 5) is 10.4. The molecule has 0 aliphatic carbocycles.